The lowest BCUT2D eigenvalue weighted by atomic mass is 10.0. The number of hydrogen-bond acceptors (Lipinski definition) is 2. The maximum atomic E-state index is 11.6. The van der Waals surface area contributed by atoms with E-state index < -0.39 is 13.3 Å². The summed E-state index contributed by atoms with van der Waals surface area (Å²) in [6, 6.07) is 1.84. The van der Waals surface area contributed by atoms with Crippen molar-refractivity contribution in [1.29, 1.82) is 0 Å². The summed E-state index contributed by atoms with van der Waals surface area (Å²) < 4.78 is 11.6. The minimum atomic E-state index is -4.03. The zero-order valence-electron chi connectivity index (χ0n) is 13.0. The minimum Gasteiger partial charge on any atom is -0.324 e. The summed E-state index contributed by atoms with van der Waals surface area (Å²) in [5.74, 6) is 0. The van der Waals surface area contributed by atoms with E-state index in [-0.39, 0.29) is 0 Å². The van der Waals surface area contributed by atoms with Gasteiger partial charge in [-0.15, -0.1) is 0 Å². The Hall–Kier alpha value is -0.150. The summed E-state index contributed by atoms with van der Waals surface area (Å²) >= 11 is 1.50. The average Bonchev–Trinajstić information content (AvgIpc) is 2.93. The maximum Gasteiger partial charge on any atom is 0.332 e. The summed E-state index contributed by atoms with van der Waals surface area (Å²) in [4.78, 5) is 19.0. The standard InChI is InChI=1S/C16H29O3PS/c1-2-3-4-5-6-7-8-9-10-11-16(20(17,18)19)15-12-13-21-14-15/h12-14,16H,2-11H2,1H3,(H2,17,18,19). The normalized spacial score (nSPS) is 13.5. The van der Waals surface area contributed by atoms with Gasteiger partial charge in [0, 0.05) is 0 Å². The SMILES string of the molecule is CCCCCCCCCCCC(c1ccsc1)P(=O)(O)O. The Balaban J connectivity index is 2.16. The van der Waals surface area contributed by atoms with Crippen molar-refractivity contribution in [2.75, 3.05) is 0 Å². The molecule has 0 aliphatic rings. The monoisotopic (exact) mass is 332 g/mol. The Morgan fingerprint density at radius 1 is 1.05 bits per heavy atom. The van der Waals surface area contributed by atoms with Gasteiger partial charge >= 0.3 is 7.60 Å². The molecule has 2 N–H and O–H groups in total. The van der Waals surface area contributed by atoms with Gasteiger partial charge in [-0.2, -0.15) is 11.3 Å². The fraction of sp³-hybridized carbons (Fsp3) is 0.750. The second kappa shape index (κ2) is 10.6. The van der Waals surface area contributed by atoms with E-state index in [4.69, 9.17) is 0 Å². The van der Waals surface area contributed by atoms with E-state index in [2.05, 4.69) is 6.92 Å². The molecule has 0 aliphatic heterocycles. The summed E-state index contributed by atoms with van der Waals surface area (Å²) in [6.07, 6.45) is 11.6. The highest BCUT2D eigenvalue weighted by Crippen LogP contribution is 2.54. The molecule has 1 atom stereocenters. The van der Waals surface area contributed by atoms with Gasteiger partial charge in [0.1, 0.15) is 0 Å². The van der Waals surface area contributed by atoms with Crippen molar-refractivity contribution in [2.45, 2.75) is 76.8 Å². The van der Waals surface area contributed by atoms with Crippen LogP contribution in [0, 0.1) is 0 Å². The third-order valence-corrected chi connectivity index (χ3v) is 5.98. The molecule has 1 unspecified atom stereocenters. The highest BCUT2D eigenvalue weighted by atomic mass is 32.1. The molecule has 0 saturated carbocycles. The van der Waals surface area contributed by atoms with Crippen molar-refractivity contribution in [2.24, 2.45) is 0 Å². The molecule has 0 aromatic carbocycles. The molecule has 5 heteroatoms. The van der Waals surface area contributed by atoms with Gasteiger partial charge in [-0.25, -0.2) is 0 Å². The molecule has 21 heavy (non-hydrogen) atoms. The Kier molecular flexibility index (Phi) is 9.50. The fourth-order valence-corrected chi connectivity index (χ4v) is 4.52. The van der Waals surface area contributed by atoms with Gasteiger partial charge in [-0.05, 0) is 28.8 Å². The van der Waals surface area contributed by atoms with Crippen LogP contribution in [-0.2, 0) is 4.57 Å². The molecule has 1 aromatic heterocycles. The first-order valence-corrected chi connectivity index (χ1v) is 10.8. The molecule has 1 aromatic rings. The van der Waals surface area contributed by atoms with Crippen LogP contribution in [0.25, 0.3) is 0 Å². The molecular formula is C16H29O3PS. The molecule has 122 valence electrons. The highest BCUT2D eigenvalue weighted by molar-refractivity contribution is 7.52. The van der Waals surface area contributed by atoms with E-state index >= 15 is 0 Å². The second-order valence-corrected chi connectivity index (χ2v) is 8.36. The summed E-state index contributed by atoms with van der Waals surface area (Å²) in [5, 5.41) is 3.74. The molecule has 0 saturated heterocycles. The lowest BCUT2D eigenvalue weighted by molar-refractivity contribution is 0.353. The van der Waals surface area contributed by atoms with Gasteiger partial charge < -0.3 is 9.79 Å². The van der Waals surface area contributed by atoms with Crippen LogP contribution >= 0.6 is 18.9 Å². The van der Waals surface area contributed by atoms with Crippen molar-refractivity contribution in [1.82, 2.24) is 0 Å². The van der Waals surface area contributed by atoms with Crippen molar-refractivity contribution in [3.05, 3.63) is 22.4 Å². The lowest BCUT2D eigenvalue weighted by Crippen LogP contribution is -1.99. The van der Waals surface area contributed by atoms with Crippen LogP contribution in [0.4, 0.5) is 0 Å². The van der Waals surface area contributed by atoms with Gasteiger partial charge in [0.15, 0.2) is 0 Å². The van der Waals surface area contributed by atoms with E-state index in [1.54, 1.807) is 0 Å². The lowest BCUT2D eigenvalue weighted by Gasteiger charge is -2.17. The van der Waals surface area contributed by atoms with Gasteiger partial charge in [0.05, 0.1) is 5.66 Å². The van der Waals surface area contributed by atoms with Crippen LogP contribution in [0.5, 0.6) is 0 Å². The Labute approximate surface area is 133 Å². The molecule has 1 rings (SSSR count). The van der Waals surface area contributed by atoms with Crippen LogP contribution < -0.4 is 0 Å². The first-order chi connectivity index (χ1) is 10.1. The highest BCUT2D eigenvalue weighted by Gasteiger charge is 2.29. The van der Waals surface area contributed by atoms with Crippen molar-refractivity contribution < 1.29 is 14.4 Å². The quantitative estimate of drug-likeness (QED) is 0.371. The van der Waals surface area contributed by atoms with Gasteiger partial charge in [-0.3, -0.25) is 4.57 Å². The summed E-state index contributed by atoms with van der Waals surface area (Å²) in [5.41, 5.74) is 0.196. The van der Waals surface area contributed by atoms with E-state index in [9.17, 15) is 14.4 Å². The Morgan fingerprint density at radius 2 is 1.62 bits per heavy atom. The molecule has 0 bridgehead atoms. The van der Waals surface area contributed by atoms with E-state index in [0.717, 1.165) is 18.4 Å². The van der Waals surface area contributed by atoms with E-state index in [0.29, 0.717) is 6.42 Å². The fourth-order valence-electron chi connectivity index (χ4n) is 2.64. The van der Waals surface area contributed by atoms with Crippen LogP contribution in [0.2, 0.25) is 0 Å². The van der Waals surface area contributed by atoms with E-state index in [1.165, 1.54) is 56.3 Å². The smallest absolute Gasteiger partial charge is 0.324 e. The average molecular weight is 332 g/mol. The Bertz CT molecular complexity index is 400. The Morgan fingerprint density at radius 3 is 2.10 bits per heavy atom. The first-order valence-electron chi connectivity index (χ1n) is 8.13. The van der Waals surface area contributed by atoms with Crippen LogP contribution in [0.3, 0.4) is 0 Å². The second-order valence-electron chi connectivity index (χ2n) is 5.78. The van der Waals surface area contributed by atoms with Gasteiger partial charge in [0.25, 0.3) is 0 Å². The zero-order chi connectivity index (χ0) is 15.6. The maximum absolute atomic E-state index is 11.6. The molecule has 0 aliphatic carbocycles. The topological polar surface area (TPSA) is 57.5 Å². The molecule has 3 nitrogen and oxygen atoms in total. The molecule has 0 amide bonds. The molecular weight excluding hydrogens is 303 g/mol. The van der Waals surface area contributed by atoms with Crippen molar-refractivity contribution in [3.8, 4) is 0 Å². The predicted molar refractivity (Wildman–Crippen MR) is 90.9 cm³/mol. The molecule has 0 fully saturated rings. The molecule has 1 heterocycles. The zero-order valence-corrected chi connectivity index (χ0v) is 14.7. The number of rotatable bonds is 12. The third kappa shape index (κ3) is 8.15. The van der Waals surface area contributed by atoms with Crippen LogP contribution in [-0.4, -0.2) is 9.79 Å². The molecule has 0 radical (unpaired) electrons. The minimum absolute atomic E-state index is 0.594. The van der Waals surface area contributed by atoms with Crippen LogP contribution in [0.15, 0.2) is 16.8 Å². The predicted octanol–water partition coefficient (Wildman–Crippen LogP) is 5.89. The van der Waals surface area contributed by atoms with Crippen molar-refractivity contribution >= 4 is 18.9 Å². The van der Waals surface area contributed by atoms with Gasteiger partial charge in [-0.1, -0.05) is 64.7 Å². The van der Waals surface area contributed by atoms with Gasteiger partial charge in [0.2, 0.25) is 0 Å². The van der Waals surface area contributed by atoms with E-state index in [1.807, 2.05) is 16.8 Å². The number of hydrogen-bond donors (Lipinski definition) is 2. The molecule has 0 spiro atoms. The summed E-state index contributed by atoms with van der Waals surface area (Å²) in [7, 11) is -4.03. The number of thiophene rings is 1. The summed E-state index contributed by atoms with van der Waals surface area (Å²) in [6.45, 7) is 2.23. The van der Waals surface area contributed by atoms with Crippen LogP contribution in [0.1, 0.15) is 82.4 Å². The largest absolute Gasteiger partial charge is 0.332 e. The third-order valence-electron chi connectivity index (χ3n) is 3.92. The first kappa shape index (κ1) is 18.9. The van der Waals surface area contributed by atoms with Crippen molar-refractivity contribution in [3.63, 3.8) is 0 Å². The number of unbranched alkanes of at least 4 members (excludes halogenated alkanes) is 8.